The van der Waals surface area contributed by atoms with E-state index in [1.165, 1.54) is 0 Å². The second-order valence-corrected chi connectivity index (χ2v) is 4.11. The molecule has 0 spiro atoms. The van der Waals surface area contributed by atoms with Crippen molar-refractivity contribution in [2.75, 3.05) is 18.6 Å². The zero-order valence-corrected chi connectivity index (χ0v) is 8.23. The fourth-order valence-corrected chi connectivity index (χ4v) is 1.25. The SMILES string of the molecule is CS(=O)CCCNC(=O)CC(=O)O. The number of amides is 1. The molecule has 2 N–H and O–H groups in total. The van der Waals surface area contributed by atoms with Gasteiger partial charge in [-0.1, -0.05) is 0 Å². The minimum atomic E-state index is -1.14. The van der Waals surface area contributed by atoms with Gasteiger partial charge in [0, 0.05) is 29.4 Å². The van der Waals surface area contributed by atoms with E-state index < -0.39 is 29.1 Å². The monoisotopic (exact) mass is 207 g/mol. The predicted molar refractivity (Wildman–Crippen MR) is 48.8 cm³/mol. The van der Waals surface area contributed by atoms with Crippen LogP contribution in [0.2, 0.25) is 0 Å². The van der Waals surface area contributed by atoms with Crippen molar-refractivity contribution < 1.29 is 18.9 Å². The van der Waals surface area contributed by atoms with E-state index in [1.54, 1.807) is 6.26 Å². The maximum absolute atomic E-state index is 10.7. The van der Waals surface area contributed by atoms with Gasteiger partial charge in [-0.05, 0) is 6.42 Å². The first-order chi connectivity index (χ1) is 6.02. The lowest BCUT2D eigenvalue weighted by Gasteiger charge is -2.01. The minimum absolute atomic E-state index is 0.381. The highest BCUT2D eigenvalue weighted by atomic mass is 32.2. The third-order valence-corrected chi connectivity index (χ3v) is 2.11. The van der Waals surface area contributed by atoms with Gasteiger partial charge >= 0.3 is 5.97 Å². The molecular formula is C7H13NO4S. The average Bonchev–Trinajstić information content (AvgIpc) is 1.96. The van der Waals surface area contributed by atoms with Crippen LogP contribution in [0.3, 0.4) is 0 Å². The highest BCUT2D eigenvalue weighted by Crippen LogP contribution is 1.83. The summed E-state index contributed by atoms with van der Waals surface area (Å²) in [6.07, 6.45) is 1.68. The Kier molecular flexibility index (Phi) is 6.13. The van der Waals surface area contributed by atoms with E-state index in [4.69, 9.17) is 5.11 Å². The van der Waals surface area contributed by atoms with E-state index in [-0.39, 0.29) is 0 Å². The first-order valence-corrected chi connectivity index (χ1v) is 5.53. The summed E-state index contributed by atoms with van der Waals surface area (Å²) >= 11 is 0. The molecule has 1 atom stereocenters. The van der Waals surface area contributed by atoms with E-state index in [2.05, 4.69) is 5.32 Å². The fraction of sp³-hybridized carbons (Fsp3) is 0.714. The Morgan fingerprint density at radius 2 is 2.08 bits per heavy atom. The molecule has 6 heteroatoms. The molecule has 0 rings (SSSR count). The summed E-state index contributed by atoms with van der Waals surface area (Å²) in [6.45, 7) is 0.381. The molecule has 1 unspecified atom stereocenters. The minimum Gasteiger partial charge on any atom is -0.481 e. The van der Waals surface area contributed by atoms with Crippen LogP contribution in [0.1, 0.15) is 12.8 Å². The van der Waals surface area contributed by atoms with Gasteiger partial charge in [0.25, 0.3) is 0 Å². The third kappa shape index (κ3) is 9.00. The lowest BCUT2D eigenvalue weighted by molar-refractivity contribution is -0.140. The Morgan fingerprint density at radius 3 is 2.54 bits per heavy atom. The maximum atomic E-state index is 10.7. The van der Waals surface area contributed by atoms with Crippen molar-refractivity contribution in [3.8, 4) is 0 Å². The molecule has 0 aromatic heterocycles. The first kappa shape index (κ1) is 12.1. The molecule has 0 aliphatic heterocycles. The summed E-state index contributed by atoms with van der Waals surface area (Å²) in [5.74, 6) is -1.13. The first-order valence-electron chi connectivity index (χ1n) is 3.81. The van der Waals surface area contributed by atoms with Gasteiger partial charge in [0.2, 0.25) is 5.91 Å². The number of hydrogen-bond donors (Lipinski definition) is 2. The summed E-state index contributed by atoms with van der Waals surface area (Å²) in [6, 6.07) is 0. The van der Waals surface area contributed by atoms with Gasteiger partial charge < -0.3 is 10.4 Å². The van der Waals surface area contributed by atoms with Gasteiger partial charge in [-0.2, -0.15) is 0 Å². The summed E-state index contributed by atoms with van der Waals surface area (Å²) < 4.78 is 10.6. The van der Waals surface area contributed by atoms with Gasteiger partial charge in [0.15, 0.2) is 0 Å². The Balaban J connectivity index is 3.37. The second kappa shape index (κ2) is 6.59. The number of nitrogens with one attached hydrogen (secondary N) is 1. The molecule has 0 radical (unpaired) electrons. The van der Waals surface area contributed by atoms with E-state index in [1.807, 2.05) is 0 Å². The largest absolute Gasteiger partial charge is 0.481 e. The Hall–Kier alpha value is -0.910. The highest BCUT2D eigenvalue weighted by molar-refractivity contribution is 7.84. The van der Waals surface area contributed by atoms with Gasteiger partial charge in [0.05, 0.1) is 0 Å². The molecule has 5 nitrogen and oxygen atoms in total. The van der Waals surface area contributed by atoms with Gasteiger partial charge in [-0.3, -0.25) is 13.8 Å². The Labute approximate surface area is 79.0 Å². The molecule has 0 aromatic rings. The molecule has 0 aromatic carbocycles. The molecule has 13 heavy (non-hydrogen) atoms. The smallest absolute Gasteiger partial charge is 0.312 e. The molecule has 0 saturated heterocycles. The highest BCUT2D eigenvalue weighted by Gasteiger charge is 2.05. The van der Waals surface area contributed by atoms with Gasteiger partial charge in [0.1, 0.15) is 6.42 Å². The van der Waals surface area contributed by atoms with Crippen LogP contribution in [-0.2, 0) is 20.4 Å². The van der Waals surface area contributed by atoms with Crippen LogP contribution in [0.4, 0.5) is 0 Å². The van der Waals surface area contributed by atoms with Crippen molar-refractivity contribution in [1.29, 1.82) is 0 Å². The maximum Gasteiger partial charge on any atom is 0.312 e. The lowest BCUT2D eigenvalue weighted by atomic mass is 10.4. The van der Waals surface area contributed by atoms with Crippen LogP contribution in [-0.4, -0.2) is 39.7 Å². The Bertz CT molecular complexity index is 217. The standard InChI is InChI=1S/C7H13NO4S/c1-13(12)4-2-3-8-6(9)5-7(10)11/h2-5H2,1H3,(H,8,9)(H,10,11). The fourth-order valence-electron chi connectivity index (χ4n) is 0.703. The quantitative estimate of drug-likeness (QED) is 0.447. The summed E-state index contributed by atoms with van der Waals surface area (Å²) in [7, 11) is -0.859. The second-order valence-electron chi connectivity index (χ2n) is 2.55. The predicted octanol–water partition coefficient (Wildman–Crippen LogP) is -0.654. The number of carbonyl (C=O) groups excluding carboxylic acids is 1. The van der Waals surface area contributed by atoms with Crippen molar-refractivity contribution in [3.63, 3.8) is 0 Å². The van der Waals surface area contributed by atoms with E-state index in [0.717, 1.165) is 0 Å². The summed E-state index contributed by atoms with van der Waals surface area (Å²) in [5.41, 5.74) is 0. The van der Waals surface area contributed by atoms with Gasteiger partial charge in [-0.15, -0.1) is 0 Å². The van der Waals surface area contributed by atoms with Crippen molar-refractivity contribution in [2.24, 2.45) is 0 Å². The topological polar surface area (TPSA) is 83.5 Å². The number of aliphatic carboxylic acids is 1. The van der Waals surface area contributed by atoms with Crippen LogP contribution in [0.25, 0.3) is 0 Å². The van der Waals surface area contributed by atoms with Crippen LogP contribution >= 0.6 is 0 Å². The summed E-state index contributed by atoms with van der Waals surface area (Å²) in [4.78, 5) is 20.8. The average molecular weight is 207 g/mol. The number of carboxylic acids is 1. The van der Waals surface area contributed by atoms with Crippen molar-refractivity contribution in [1.82, 2.24) is 5.32 Å². The Morgan fingerprint density at radius 1 is 1.46 bits per heavy atom. The number of rotatable bonds is 6. The molecule has 0 fully saturated rings. The van der Waals surface area contributed by atoms with E-state index in [9.17, 15) is 13.8 Å². The zero-order valence-electron chi connectivity index (χ0n) is 7.41. The van der Waals surface area contributed by atoms with Crippen molar-refractivity contribution in [3.05, 3.63) is 0 Å². The van der Waals surface area contributed by atoms with Crippen LogP contribution in [0.5, 0.6) is 0 Å². The molecule has 0 saturated carbocycles. The van der Waals surface area contributed by atoms with Crippen LogP contribution in [0, 0.1) is 0 Å². The molecular weight excluding hydrogens is 194 g/mol. The van der Waals surface area contributed by atoms with Crippen molar-refractivity contribution in [2.45, 2.75) is 12.8 Å². The third-order valence-electron chi connectivity index (χ3n) is 1.24. The molecule has 0 heterocycles. The lowest BCUT2D eigenvalue weighted by Crippen LogP contribution is -2.27. The number of carboxylic acid groups (broad SMARTS) is 1. The number of carbonyl (C=O) groups is 2. The van der Waals surface area contributed by atoms with Crippen LogP contribution < -0.4 is 5.32 Å². The molecule has 0 aliphatic carbocycles. The number of hydrogen-bond acceptors (Lipinski definition) is 3. The molecule has 1 amide bonds. The van der Waals surface area contributed by atoms with Crippen LogP contribution in [0.15, 0.2) is 0 Å². The van der Waals surface area contributed by atoms with Crippen molar-refractivity contribution >= 4 is 22.7 Å². The van der Waals surface area contributed by atoms with E-state index >= 15 is 0 Å². The van der Waals surface area contributed by atoms with E-state index in [0.29, 0.717) is 18.7 Å². The molecule has 76 valence electrons. The van der Waals surface area contributed by atoms with Gasteiger partial charge in [-0.25, -0.2) is 0 Å². The molecule has 0 bridgehead atoms. The zero-order chi connectivity index (χ0) is 10.3. The normalized spacial score (nSPS) is 12.1. The summed E-state index contributed by atoms with van der Waals surface area (Å²) in [5, 5.41) is 10.6. The molecule has 0 aliphatic rings.